The van der Waals surface area contributed by atoms with Crippen molar-refractivity contribution in [3.63, 3.8) is 0 Å². The zero-order chi connectivity index (χ0) is 21.1. The molecule has 3 N–H and O–H groups in total. The van der Waals surface area contributed by atoms with Crippen LogP contribution in [0.25, 0.3) is 0 Å². The van der Waals surface area contributed by atoms with Crippen molar-refractivity contribution in [1.29, 1.82) is 0 Å². The molecule has 1 fully saturated rings. The summed E-state index contributed by atoms with van der Waals surface area (Å²) < 4.78 is 0. The molecule has 29 heavy (non-hydrogen) atoms. The van der Waals surface area contributed by atoms with Gasteiger partial charge in [-0.2, -0.15) is 5.10 Å². The maximum atomic E-state index is 12.1. The van der Waals surface area contributed by atoms with Crippen LogP contribution in [0.5, 0.6) is 0 Å². The van der Waals surface area contributed by atoms with Crippen LogP contribution in [0.15, 0.2) is 35.4 Å². The Morgan fingerprint density at radius 1 is 1.17 bits per heavy atom. The van der Waals surface area contributed by atoms with Crippen LogP contribution in [-0.4, -0.2) is 29.4 Å². The van der Waals surface area contributed by atoms with Gasteiger partial charge in [0, 0.05) is 12.3 Å². The summed E-state index contributed by atoms with van der Waals surface area (Å²) in [6, 6.07) is 10.1. The number of hydrogen-bond acceptors (Lipinski definition) is 3. The second-order valence-electron chi connectivity index (χ2n) is 8.13. The van der Waals surface area contributed by atoms with Gasteiger partial charge >= 0.3 is 12.0 Å². The maximum Gasteiger partial charge on any atom is 0.335 e. The van der Waals surface area contributed by atoms with Crippen LogP contribution in [0.3, 0.4) is 0 Å². The predicted octanol–water partition coefficient (Wildman–Crippen LogP) is 4.60. The van der Waals surface area contributed by atoms with Gasteiger partial charge in [0.15, 0.2) is 0 Å². The summed E-state index contributed by atoms with van der Waals surface area (Å²) in [6.07, 6.45) is 6.94. The SMILES string of the molecule is CC[C@H](C)/C(CCCc1ccccc1)=N\NC(=O)NCC1CCC(C(=O)O)CC1. The van der Waals surface area contributed by atoms with Gasteiger partial charge in [0.2, 0.25) is 0 Å². The van der Waals surface area contributed by atoms with Gasteiger partial charge in [-0.1, -0.05) is 44.2 Å². The molecule has 6 heteroatoms. The molecule has 160 valence electrons. The van der Waals surface area contributed by atoms with Gasteiger partial charge in [-0.25, -0.2) is 10.2 Å². The Balaban J connectivity index is 1.74. The lowest BCUT2D eigenvalue weighted by atomic mass is 9.82. The lowest BCUT2D eigenvalue weighted by molar-refractivity contribution is -0.143. The number of aryl methyl sites for hydroxylation is 1. The molecule has 0 spiro atoms. The van der Waals surface area contributed by atoms with Gasteiger partial charge in [-0.15, -0.1) is 0 Å². The third-order valence-electron chi connectivity index (χ3n) is 5.97. The van der Waals surface area contributed by atoms with E-state index in [0.717, 1.165) is 44.2 Å². The molecule has 1 aromatic rings. The molecule has 1 aliphatic carbocycles. The monoisotopic (exact) mass is 401 g/mol. The van der Waals surface area contributed by atoms with Crippen molar-refractivity contribution in [1.82, 2.24) is 10.7 Å². The topological polar surface area (TPSA) is 90.8 Å². The standard InChI is InChI=1S/C23H35N3O3/c1-3-17(2)21(11-7-10-18-8-5-4-6-9-18)25-26-23(29)24-16-19-12-14-20(15-13-19)22(27)28/h4-6,8-9,17,19-20H,3,7,10-16H2,1-2H3,(H,27,28)(H2,24,26,29)/b25-21-/t17-,19?,20?/m0/s1. The zero-order valence-electron chi connectivity index (χ0n) is 17.7. The van der Waals surface area contributed by atoms with E-state index in [1.807, 2.05) is 6.07 Å². The summed E-state index contributed by atoms with van der Waals surface area (Å²) in [7, 11) is 0. The van der Waals surface area contributed by atoms with Gasteiger partial charge in [0.25, 0.3) is 0 Å². The number of carboxylic acids is 1. The number of rotatable bonds is 10. The van der Waals surface area contributed by atoms with Crippen LogP contribution in [0.4, 0.5) is 4.79 Å². The largest absolute Gasteiger partial charge is 0.481 e. The summed E-state index contributed by atoms with van der Waals surface area (Å²) in [6.45, 7) is 4.84. The number of urea groups is 1. The smallest absolute Gasteiger partial charge is 0.335 e. The highest BCUT2D eigenvalue weighted by Crippen LogP contribution is 2.28. The average Bonchev–Trinajstić information content (AvgIpc) is 2.75. The lowest BCUT2D eigenvalue weighted by Gasteiger charge is -2.26. The quantitative estimate of drug-likeness (QED) is 0.395. The van der Waals surface area contributed by atoms with E-state index in [1.54, 1.807) is 0 Å². The molecule has 2 amide bonds. The number of carboxylic acid groups (broad SMARTS) is 1. The predicted molar refractivity (Wildman–Crippen MR) is 116 cm³/mol. The summed E-state index contributed by atoms with van der Waals surface area (Å²) in [5, 5.41) is 16.3. The van der Waals surface area contributed by atoms with Crippen LogP contribution >= 0.6 is 0 Å². The number of carbonyl (C=O) groups excluding carboxylic acids is 1. The number of hydrazone groups is 1. The lowest BCUT2D eigenvalue weighted by Crippen LogP contribution is -2.37. The van der Waals surface area contributed by atoms with E-state index >= 15 is 0 Å². The molecule has 0 aromatic heterocycles. The van der Waals surface area contributed by atoms with Gasteiger partial charge in [-0.05, 0) is 68.8 Å². The van der Waals surface area contributed by atoms with E-state index in [-0.39, 0.29) is 11.9 Å². The Kier molecular flexibility index (Phi) is 9.68. The molecule has 0 saturated heterocycles. The summed E-state index contributed by atoms with van der Waals surface area (Å²) >= 11 is 0. The van der Waals surface area contributed by atoms with Crippen LogP contribution in [0.1, 0.15) is 64.4 Å². The molecule has 0 unspecified atom stereocenters. The van der Waals surface area contributed by atoms with Gasteiger partial charge in [0.1, 0.15) is 0 Å². The number of carbonyl (C=O) groups is 2. The van der Waals surface area contributed by atoms with Crippen molar-refractivity contribution in [2.75, 3.05) is 6.54 Å². The first-order valence-corrected chi connectivity index (χ1v) is 10.9. The highest BCUT2D eigenvalue weighted by Gasteiger charge is 2.25. The first kappa shape index (κ1) is 22.9. The number of aliphatic carboxylic acids is 1. The molecule has 0 heterocycles. The number of nitrogens with zero attached hydrogens (tertiary/aromatic N) is 1. The maximum absolute atomic E-state index is 12.1. The number of amides is 2. The Labute approximate surface area is 174 Å². The van der Waals surface area contributed by atoms with Crippen molar-refractivity contribution in [3.05, 3.63) is 35.9 Å². The van der Waals surface area contributed by atoms with Gasteiger partial charge in [0.05, 0.1) is 5.92 Å². The molecule has 6 nitrogen and oxygen atoms in total. The fourth-order valence-corrected chi connectivity index (χ4v) is 3.78. The van der Waals surface area contributed by atoms with Crippen molar-refractivity contribution in [3.8, 4) is 0 Å². The molecule has 1 atom stereocenters. The van der Waals surface area contributed by atoms with Crippen molar-refractivity contribution in [2.45, 2.75) is 65.2 Å². The molecule has 0 aliphatic heterocycles. The highest BCUT2D eigenvalue weighted by molar-refractivity contribution is 5.87. The summed E-state index contributed by atoms with van der Waals surface area (Å²) in [5.74, 6) is -0.246. The van der Waals surface area contributed by atoms with Crippen molar-refractivity contribution < 1.29 is 14.7 Å². The van der Waals surface area contributed by atoms with E-state index < -0.39 is 5.97 Å². The van der Waals surface area contributed by atoms with E-state index in [0.29, 0.717) is 31.2 Å². The van der Waals surface area contributed by atoms with Crippen LogP contribution in [-0.2, 0) is 11.2 Å². The fourth-order valence-electron chi connectivity index (χ4n) is 3.78. The van der Waals surface area contributed by atoms with Gasteiger partial charge < -0.3 is 10.4 Å². The number of nitrogens with one attached hydrogen (secondary N) is 2. The third-order valence-corrected chi connectivity index (χ3v) is 5.97. The molecule has 2 rings (SSSR count). The third kappa shape index (κ3) is 8.26. The zero-order valence-corrected chi connectivity index (χ0v) is 17.7. The molecular formula is C23H35N3O3. The van der Waals surface area contributed by atoms with E-state index in [9.17, 15) is 9.59 Å². The normalized spacial score (nSPS) is 20.7. The van der Waals surface area contributed by atoms with Crippen molar-refractivity contribution in [2.24, 2.45) is 22.9 Å². The second kappa shape index (κ2) is 12.2. The molecule has 1 saturated carbocycles. The summed E-state index contributed by atoms with van der Waals surface area (Å²) in [4.78, 5) is 23.2. The fraction of sp³-hybridized carbons (Fsp3) is 0.609. The first-order chi connectivity index (χ1) is 14.0. The molecule has 0 bridgehead atoms. The van der Waals surface area contributed by atoms with Gasteiger partial charge in [-0.3, -0.25) is 4.79 Å². The Morgan fingerprint density at radius 2 is 1.86 bits per heavy atom. The molecule has 0 radical (unpaired) electrons. The minimum atomic E-state index is -0.701. The molecule has 1 aliphatic rings. The molecular weight excluding hydrogens is 366 g/mol. The average molecular weight is 402 g/mol. The van der Waals surface area contributed by atoms with Crippen LogP contribution in [0, 0.1) is 17.8 Å². The van der Waals surface area contributed by atoms with E-state index in [2.05, 4.69) is 54.0 Å². The Bertz CT molecular complexity index is 667. The van der Waals surface area contributed by atoms with Crippen LogP contribution < -0.4 is 10.7 Å². The van der Waals surface area contributed by atoms with E-state index in [4.69, 9.17) is 5.11 Å². The molecule has 1 aromatic carbocycles. The second-order valence-corrected chi connectivity index (χ2v) is 8.13. The van der Waals surface area contributed by atoms with Crippen LogP contribution in [0.2, 0.25) is 0 Å². The number of benzene rings is 1. The highest BCUT2D eigenvalue weighted by atomic mass is 16.4. The first-order valence-electron chi connectivity index (χ1n) is 10.9. The minimum absolute atomic E-state index is 0.223. The van der Waals surface area contributed by atoms with E-state index in [1.165, 1.54) is 5.56 Å². The Hall–Kier alpha value is -2.37. The summed E-state index contributed by atoms with van der Waals surface area (Å²) in [5.41, 5.74) is 5.00. The minimum Gasteiger partial charge on any atom is -0.481 e. The van der Waals surface area contributed by atoms with Crippen molar-refractivity contribution >= 4 is 17.7 Å². The number of hydrogen-bond donors (Lipinski definition) is 3. The Morgan fingerprint density at radius 3 is 2.48 bits per heavy atom.